The van der Waals surface area contributed by atoms with Crippen molar-refractivity contribution in [3.8, 4) is 0 Å². The summed E-state index contributed by atoms with van der Waals surface area (Å²) in [6, 6.07) is 15.7. The quantitative estimate of drug-likeness (QED) is 0.476. The molecule has 0 amide bonds. The number of nitrogens with one attached hydrogen (secondary N) is 1. The molecule has 0 saturated heterocycles. The van der Waals surface area contributed by atoms with Crippen molar-refractivity contribution in [3.63, 3.8) is 0 Å². The third-order valence-electron chi connectivity index (χ3n) is 2.68. The van der Waals surface area contributed by atoms with Gasteiger partial charge in [0.05, 0.1) is 17.1 Å². The van der Waals surface area contributed by atoms with Gasteiger partial charge in [-0.2, -0.15) is 0 Å². The van der Waals surface area contributed by atoms with Crippen molar-refractivity contribution < 1.29 is 0 Å². The van der Waals surface area contributed by atoms with Gasteiger partial charge in [0.2, 0.25) is 0 Å². The Kier molecular flexibility index (Phi) is 3.63. The first-order valence-electron chi connectivity index (χ1n) is 5.89. The highest BCUT2D eigenvalue weighted by atomic mass is 15.0. The highest BCUT2D eigenvalue weighted by molar-refractivity contribution is 5.97. The molecule has 0 unspecified atom stereocenters. The molecule has 0 spiro atoms. The smallest absolute Gasteiger partial charge is 0.103 e. The summed E-state index contributed by atoms with van der Waals surface area (Å²) >= 11 is 0. The molecule has 0 atom stereocenters. The van der Waals surface area contributed by atoms with Gasteiger partial charge < -0.3 is 11.1 Å². The zero-order chi connectivity index (χ0) is 13.0. The Morgan fingerprint density at radius 3 is 2.44 bits per heavy atom. The van der Waals surface area contributed by atoms with Gasteiger partial charge in [0, 0.05) is 0 Å². The average molecular weight is 239 g/mol. The first-order valence-corrected chi connectivity index (χ1v) is 5.89. The molecule has 0 bridgehead atoms. The van der Waals surface area contributed by atoms with Crippen LogP contribution >= 0.6 is 0 Å². The van der Waals surface area contributed by atoms with Crippen LogP contribution in [-0.2, 0) is 0 Å². The molecule has 2 aromatic carbocycles. The van der Waals surface area contributed by atoms with Crippen molar-refractivity contribution in [2.24, 2.45) is 4.99 Å². The Labute approximate surface area is 107 Å². The second-order valence-corrected chi connectivity index (χ2v) is 4.20. The van der Waals surface area contributed by atoms with E-state index in [0.717, 1.165) is 28.5 Å². The summed E-state index contributed by atoms with van der Waals surface area (Å²) in [5, 5.41) is 3.21. The summed E-state index contributed by atoms with van der Waals surface area (Å²) < 4.78 is 0. The summed E-state index contributed by atoms with van der Waals surface area (Å²) in [6.45, 7) is 3.97. The van der Waals surface area contributed by atoms with Gasteiger partial charge in [-0.15, -0.1) is 0 Å². The van der Waals surface area contributed by atoms with Crippen LogP contribution in [0.25, 0.3) is 0 Å². The fourth-order valence-electron chi connectivity index (χ4n) is 1.70. The lowest BCUT2D eigenvalue weighted by atomic mass is 10.2. The van der Waals surface area contributed by atoms with Gasteiger partial charge in [0.25, 0.3) is 0 Å². The molecule has 3 N–H and O–H groups in total. The molecule has 0 saturated carbocycles. The first kappa shape index (κ1) is 12.2. The van der Waals surface area contributed by atoms with Gasteiger partial charge in [0.15, 0.2) is 0 Å². The molecule has 0 aliphatic carbocycles. The number of hydrogen-bond acceptors (Lipinski definition) is 2. The van der Waals surface area contributed by atoms with E-state index in [1.165, 1.54) is 0 Å². The molecule has 3 nitrogen and oxygen atoms in total. The standard InChI is InChI=1S/C15H17N3/c1-11-7-3-5-9-14(11)17-12(2)18-15-10-6-4-8-13(15)16/h3-10H,16H2,1-2H3,(H,17,18). The monoisotopic (exact) mass is 239 g/mol. The molecule has 92 valence electrons. The Bertz CT molecular complexity index is 573. The van der Waals surface area contributed by atoms with Gasteiger partial charge in [-0.1, -0.05) is 30.3 Å². The van der Waals surface area contributed by atoms with Crippen LogP contribution in [-0.4, -0.2) is 5.84 Å². The predicted octanol–water partition coefficient (Wildman–Crippen LogP) is 3.74. The topological polar surface area (TPSA) is 50.4 Å². The van der Waals surface area contributed by atoms with E-state index in [9.17, 15) is 0 Å². The maximum absolute atomic E-state index is 5.87. The molecule has 0 aliphatic heterocycles. The molecule has 0 fully saturated rings. The summed E-state index contributed by atoms with van der Waals surface area (Å²) in [5.74, 6) is 0.821. The van der Waals surface area contributed by atoms with E-state index in [2.05, 4.69) is 10.3 Å². The molecule has 0 heterocycles. The summed E-state index contributed by atoms with van der Waals surface area (Å²) in [5.41, 5.74) is 9.60. The molecular formula is C15H17N3. The van der Waals surface area contributed by atoms with Crippen LogP contribution < -0.4 is 11.1 Å². The molecule has 2 rings (SSSR count). The summed E-state index contributed by atoms with van der Waals surface area (Å²) in [6.07, 6.45) is 0. The fraction of sp³-hybridized carbons (Fsp3) is 0.133. The second-order valence-electron chi connectivity index (χ2n) is 4.20. The molecule has 0 aliphatic rings. The Morgan fingerprint density at radius 2 is 1.72 bits per heavy atom. The molecule has 2 aromatic rings. The number of benzene rings is 2. The number of hydrogen-bond donors (Lipinski definition) is 2. The van der Waals surface area contributed by atoms with E-state index < -0.39 is 0 Å². The van der Waals surface area contributed by atoms with E-state index in [0.29, 0.717) is 0 Å². The summed E-state index contributed by atoms with van der Waals surface area (Å²) in [4.78, 5) is 4.54. The van der Waals surface area contributed by atoms with Crippen LogP contribution in [0, 0.1) is 6.92 Å². The number of amidine groups is 1. The van der Waals surface area contributed by atoms with E-state index in [-0.39, 0.29) is 0 Å². The highest BCUT2D eigenvalue weighted by Gasteiger charge is 1.99. The van der Waals surface area contributed by atoms with Crippen LogP contribution in [0.5, 0.6) is 0 Å². The summed E-state index contributed by atoms with van der Waals surface area (Å²) in [7, 11) is 0. The SMILES string of the molecule is CC(=Nc1ccccc1C)Nc1ccccc1N. The number of anilines is 2. The van der Waals surface area contributed by atoms with Crippen molar-refractivity contribution in [1.82, 2.24) is 0 Å². The molecule has 0 aromatic heterocycles. The maximum Gasteiger partial charge on any atom is 0.103 e. The Morgan fingerprint density at radius 1 is 1.06 bits per heavy atom. The molecule has 3 heteroatoms. The van der Waals surface area contributed by atoms with E-state index in [4.69, 9.17) is 5.73 Å². The number of aryl methyl sites for hydroxylation is 1. The zero-order valence-electron chi connectivity index (χ0n) is 10.6. The predicted molar refractivity (Wildman–Crippen MR) is 78.4 cm³/mol. The van der Waals surface area contributed by atoms with Crippen molar-refractivity contribution in [2.75, 3.05) is 11.1 Å². The molecular weight excluding hydrogens is 222 g/mol. The minimum Gasteiger partial charge on any atom is -0.397 e. The number of para-hydroxylation sites is 3. The molecule has 0 radical (unpaired) electrons. The number of nitrogens with zero attached hydrogens (tertiary/aromatic N) is 1. The van der Waals surface area contributed by atoms with Gasteiger partial charge in [-0.3, -0.25) is 0 Å². The van der Waals surface area contributed by atoms with E-state index in [1.54, 1.807) is 0 Å². The fourth-order valence-corrected chi connectivity index (χ4v) is 1.70. The molecule has 18 heavy (non-hydrogen) atoms. The van der Waals surface area contributed by atoms with Crippen LogP contribution in [0.15, 0.2) is 53.5 Å². The highest BCUT2D eigenvalue weighted by Crippen LogP contribution is 2.20. The van der Waals surface area contributed by atoms with Gasteiger partial charge in [-0.25, -0.2) is 4.99 Å². The first-order chi connectivity index (χ1) is 8.66. The normalized spacial score (nSPS) is 11.3. The van der Waals surface area contributed by atoms with Crippen LogP contribution in [0.4, 0.5) is 17.1 Å². The van der Waals surface area contributed by atoms with Crippen molar-refractivity contribution in [2.45, 2.75) is 13.8 Å². The van der Waals surface area contributed by atoms with Crippen molar-refractivity contribution >= 4 is 22.9 Å². The van der Waals surface area contributed by atoms with E-state index in [1.807, 2.05) is 62.4 Å². The van der Waals surface area contributed by atoms with Crippen molar-refractivity contribution in [3.05, 3.63) is 54.1 Å². The van der Waals surface area contributed by atoms with Crippen molar-refractivity contribution in [1.29, 1.82) is 0 Å². The third-order valence-corrected chi connectivity index (χ3v) is 2.68. The largest absolute Gasteiger partial charge is 0.397 e. The van der Waals surface area contributed by atoms with Gasteiger partial charge in [0.1, 0.15) is 5.84 Å². The minimum atomic E-state index is 0.719. The minimum absolute atomic E-state index is 0.719. The van der Waals surface area contributed by atoms with Crippen LogP contribution in [0.3, 0.4) is 0 Å². The second kappa shape index (κ2) is 5.36. The van der Waals surface area contributed by atoms with Crippen LogP contribution in [0.2, 0.25) is 0 Å². The van der Waals surface area contributed by atoms with E-state index >= 15 is 0 Å². The number of nitrogens with two attached hydrogens (primary N) is 1. The van der Waals surface area contributed by atoms with Gasteiger partial charge in [-0.05, 0) is 37.6 Å². The Balaban J connectivity index is 2.20. The third kappa shape index (κ3) is 2.88. The maximum atomic E-state index is 5.87. The number of nitrogen functional groups attached to an aromatic ring is 1. The number of aliphatic imine (C=N–C) groups is 1. The van der Waals surface area contributed by atoms with Crippen LogP contribution in [0.1, 0.15) is 12.5 Å². The zero-order valence-corrected chi connectivity index (χ0v) is 10.6. The lowest BCUT2D eigenvalue weighted by Crippen LogP contribution is -2.08. The van der Waals surface area contributed by atoms with Gasteiger partial charge >= 0.3 is 0 Å². The average Bonchev–Trinajstić information content (AvgIpc) is 2.35. The number of rotatable bonds is 2. The lowest BCUT2D eigenvalue weighted by molar-refractivity contribution is 1.38. The Hall–Kier alpha value is -2.29. The lowest BCUT2D eigenvalue weighted by Gasteiger charge is -2.09.